The molecule has 2 fully saturated rings. The number of carbonyl (C=O) groups is 3. The Balaban J connectivity index is 1.71. The highest BCUT2D eigenvalue weighted by Crippen LogP contribution is 2.63. The molecule has 1 aliphatic heterocycles. The Morgan fingerprint density at radius 1 is 1.10 bits per heavy atom. The summed E-state index contributed by atoms with van der Waals surface area (Å²) in [5.74, 6) is -0.999. The number of piperidine rings is 1. The molecule has 1 saturated heterocycles. The van der Waals surface area contributed by atoms with Crippen LogP contribution in [0.1, 0.15) is 36.7 Å². The predicted molar refractivity (Wildman–Crippen MR) is 77.6 cm³/mol. The van der Waals surface area contributed by atoms with E-state index in [0.717, 1.165) is 16.9 Å². The van der Waals surface area contributed by atoms with E-state index >= 15 is 0 Å². The van der Waals surface area contributed by atoms with Crippen molar-refractivity contribution in [2.75, 3.05) is 6.54 Å². The molecule has 2 atom stereocenters. The summed E-state index contributed by atoms with van der Waals surface area (Å²) in [4.78, 5) is 37.7. The number of imide groups is 1. The standard InChI is InChI=1S/C17H19NO3/c1-4-10-5-7-11(8-6-10)12(19)9-18-15(20)13-14(16(18)21)17(13,2)3/h5-8,13-14H,4,9H2,1-3H3. The maximum atomic E-state index is 12.2. The molecule has 0 aromatic heterocycles. The first-order valence-corrected chi connectivity index (χ1v) is 7.35. The summed E-state index contributed by atoms with van der Waals surface area (Å²) in [5, 5.41) is 0. The number of nitrogens with zero attached hydrogens (tertiary/aromatic N) is 1. The van der Waals surface area contributed by atoms with Gasteiger partial charge in [-0.25, -0.2) is 0 Å². The van der Waals surface area contributed by atoms with Crippen molar-refractivity contribution >= 4 is 17.6 Å². The fourth-order valence-electron chi connectivity index (χ4n) is 3.32. The van der Waals surface area contributed by atoms with Crippen LogP contribution < -0.4 is 0 Å². The van der Waals surface area contributed by atoms with Crippen molar-refractivity contribution in [1.29, 1.82) is 0 Å². The van der Waals surface area contributed by atoms with Crippen LogP contribution in [-0.2, 0) is 16.0 Å². The minimum atomic E-state index is -0.226. The molecular formula is C17H19NO3. The number of aryl methyl sites for hydroxylation is 1. The minimum Gasteiger partial charge on any atom is -0.292 e. The maximum absolute atomic E-state index is 12.2. The summed E-state index contributed by atoms with van der Waals surface area (Å²) in [7, 11) is 0. The molecule has 0 bridgehead atoms. The lowest BCUT2D eigenvalue weighted by molar-refractivity contribution is -0.142. The Bertz CT molecular complexity index is 606. The van der Waals surface area contributed by atoms with Gasteiger partial charge in [0.1, 0.15) is 0 Å². The fourth-order valence-corrected chi connectivity index (χ4v) is 3.32. The van der Waals surface area contributed by atoms with E-state index in [-0.39, 0.29) is 41.4 Å². The van der Waals surface area contributed by atoms with Gasteiger partial charge in [0.15, 0.2) is 5.78 Å². The van der Waals surface area contributed by atoms with E-state index in [2.05, 4.69) is 0 Å². The van der Waals surface area contributed by atoms with Crippen molar-refractivity contribution in [3.8, 4) is 0 Å². The number of rotatable bonds is 4. The average molecular weight is 285 g/mol. The summed E-state index contributed by atoms with van der Waals surface area (Å²) >= 11 is 0. The second kappa shape index (κ2) is 4.52. The molecule has 4 nitrogen and oxygen atoms in total. The van der Waals surface area contributed by atoms with Crippen LogP contribution in [0.4, 0.5) is 0 Å². The highest BCUT2D eigenvalue weighted by molar-refractivity contribution is 6.13. The van der Waals surface area contributed by atoms with Crippen molar-refractivity contribution in [2.45, 2.75) is 27.2 Å². The van der Waals surface area contributed by atoms with Crippen molar-refractivity contribution in [1.82, 2.24) is 4.90 Å². The first kappa shape index (κ1) is 14.0. The molecular weight excluding hydrogens is 266 g/mol. The SMILES string of the molecule is CCc1ccc(C(=O)CN2C(=O)C3C(C2=O)C3(C)C)cc1. The van der Waals surface area contributed by atoms with Gasteiger partial charge in [-0.2, -0.15) is 0 Å². The first-order chi connectivity index (χ1) is 9.87. The van der Waals surface area contributed by atoms with Gasteiger partial charge in [0.2, 0.25) is 11.8 Å². The van der Waals surface area contributed by atoms with Crippen LogP contribution in [0.3, 0.4) is 0 Å². The Morgan fingerprint density at radius 3 is 2.10 bits per heavy atom. The lowest BCUT2D eigenvalue weighted by atomic mass is 10.0. The Hall–Kier alpha value is -1.97. The molecule has 2 unspecified atom stereocenters. The molecule has 3 rings (SSSR count). The third-order valence-corrected chi connectivity index (χ3v) is 4.88. The van der Waals surface area contributed by atoms with Crippen LogP contribution in [-0.4, -0.2) is 29.0 Å². The molecule has 2 aliphatic rings. The monoisotopic (exact) mass is 285 g/mol. The van der Waals surface area contributed by atoms with E-state index < -0.39 is 0 Å². The molecule has 110 valence electrons. The Morgan fingerprint density at radius 2 is 1.62 bits per heavy atom. The number of likely N-dealkylation sites (tertiary alicyclic amines) is 1. The summed E-state index contributed by atoms with van der Waals surface area (Å²) < 4.78 is 0. The van der Waals surface area contributed by atoms with Crippen LogP contribution in [0.25, 0.3) is 0 Å². The zero-order valence-electron chi connectivity index (χ0n) is 12.6. The van der Waals surface area contributed by atoms with Gasteiger partial charge in [0, 0.05) is 5.56 Å². The van der Waals surface area contributed by atoms with Gasteiger partial charge in [-0.1, -0.05) is 45.0 Å². The second-order valence-electron chi connectivity index (χ2n) is 6.51. The second-order valence-corrected chi connectivity index (χ2v) is 6.51. The molecule has 0 N–H and O–H groups in total. The van der Waals surface area contributed by atoms with E-state index in [4.69, 9.17) is 0 Å². The van der Waals surface area contributed by atoms with Gasteiger partial charge in [0.25, 0.3) is 0 Å². The summed E-state index contributed by atoms with van der Waals surface area (Å²) in [5.41, 5.74) is 1.48. The molecule has 0 spiro atoms. The molecule has 1 saturated carbocycles. The minimum absolute atomic E-state index is 0.133. The number of amides is 2. The summed E-state index contributed by atoms with van der Waals surface area (Å²) in [6.07, 6.45) is 0.913. The van der Waals surface area contributed by atoms with Crippen LogP contribution >= 0.6 is 0 Å². The van der Waals surface area contributed by atoms with Crippen LogP contribution in [0.2, 0.25) is 0 Å². The number of ketones is 1. The number of carbonyl (C=O) groups excluding carboxylic acids is 3. The number of benzene rings is 1. The van der Waals surface area contributed by atoms with Crippen LogP contribution in [0.5, 0.6) is 0 Å². The van der Waals surface area contributed by atoms with Crippen molar-refractivity contribution in [3.05, 3.63) is 35.4 Å². The van der Waals surface area contributed by atoms with Gasteiger partial charge < -0.3 is 0 Å². The van der Waals surface area contributed by atoms with E-state index in [0.29, 0.717) is 5.56 Å². The molecule has 1 aromatic rings. The van der Waals surface area contributed by atoms with Gasteiger partial charge in [-0.05, 0) is 17.4 Å². The molecule has 21 heavy (non-hydrogen) atoms. The highest BCUT2D eigenvalue weighted by Gasteiger charge is 2.72. The van der Waals surface area contributed by atoms with E-state index in [1.165, 1.54) is 0 Å². The van der Waals surface area contributed by atoms with Gasteiger partial charge in [-0.3, -0.25) is 19.3 Å². The van der Waals surface area contributed by atoms with Crippen molar-refractivity contribution in [2.24, 2.45) is 17.3 Å². The lowest BCUT2D eigenvalue weighted by Gasteiger charge is -2.19. The predicted octanol–water partition coefficient (Wildman–Crippen LogP) is 2.07. The molecule has 0 radical (unpaired) electrons. The van der Waals surface area contributed by atoms with Crippen LogP contribution in [0.15, 0.2) is 24.3 Å². The topological polar surface area (TPSA) is 54.5 Å². The fraction of sp³-hybridized carbons (Fsp3) is 0.471. The average Bonchev–Trinajstić information content (AvgIpc) is 2.95. The van der Waals surface area contributed by atoms with Crippen molar-refractivity contribution < 1.29 is 14.4 Å². The number of hydrogen-bond donors (Lipinski definition) is 0. The number of Topliss-reactive ketones (excluding diaryl/α,β-unsaturated/α-hetero) is 1. The number of fused-ring (bicyclic) bond motifs is 1. The van der Waals surface area contributed by atoms with Gasteiger partial charge >= 0.3 is 0 Å². The summed E-state index contributed by atoms with van der Waals surface area (Å²) in [6.45, 7) is 5.78. The zero-order valence-corrected chi connectivity index (χ0v) is 12.6. The van der Waals surface area contributed by atoms with E-state index in [1.807, 2.05) is 32.9 Å². The van der Waals surface area contributed by atoms with Gasteiger partial charge in [-0.15, -0.1) is 0 Å². The Kier molecular flexibility index (Phi) is 3.01. The smallest absolute Gasteiger partial charge is 0.234 e. The zero-order chi connectivity index (χ0) is 15.4. The Labute approximate surface area is 124 Å². The normalized spacial score (nSPS) is 26.0. The van der Waals surface area contributed by atoms with Crippen LogP contribution in [0, 0.1) is 17.3 Å². The largest absolute Gasteiger partial charge is 0.292 e. The molecule has 1 heterocycles. The van der Waals surface area contributed by atoms with E-state index in [1.54, 1.807) is 12.1 Å². The van der Waals surface area contributed by atoms with Gasteiger partial charge in [0.05, 0.1) is 18.4 Å². The van der Waals surface area contributed by atoms with E-state index in [9.17, 15) is 14.4 Å². The molecule has 1 aromatic carbocycles. The summed E-state index contributed by atoms with van der Waals surface area (Å²) in [6, 6.07) is 7.33. The first-order valence-electron chi connectivity index (χ1n) is 7.35. The third kappa shape index (κ3) is 2.01. The van der Waals surface area contributed by atoms with Crippen molar-refractivity contribution in [3.63, 3.8) is 0 Å². The lowest BCUT2D eigenvalue weighted by Crippen LogP contribution is -2.39. The molecule has 1 aliphatic carbocycles. The third-order valence-electron chi connectivity index (χ3n) is 4.88. The maximum Gasteiger partial charge on any atom is 0.234 e. The number of hydrogen-bond acceptors (Lipinski definition) is 3. The quantitative estimate of drug-likeness (QED) is 0.628. The highest BCUT2D eigenvalue weighted by atomic mass is 16.2. The molecule has 2 amide bonds. The molecule has 4 heteroatoms.